The van der Waals surface area contributed by atoms with Crippen LogP contribution in [0.4, 0.5) is 4.39 Å². The standard InChI is InChI=1S/C16H13BrFN3O2S/c1-8-6-9(18)2-3-10(8)13-12(16(22)23)11(7-17)20-14(21-13)15-19-4-5-24-15/h2-6,13H,7H2,1H3,(H,20,21)(H,22,23). The number of aliphatic imine (C=N–C) groups is 1. The van der Waals surface area contributed by atoms with Gasteiger partial charge in [-0.05, 0) is 30.2 Å². The maximum absolute atomic E-state index is 13.4. The van der Waals surface area contributed by atoms with E-state index in [1.807, 2.05) is 5.38 Å². The van der Waals surface area contributed by atoms with Crippen LogP contribution in [-0.2, 0) is 4.79 Å². The Balaban J connectivity index is 2.17. The maximum atomic E-state index is 13.4. The van der Waals surface area contributed by atoms with Crippen molar-refractivity contribution in [3.63, 3.8) is 0 Å². The van der Waals surface area contributed by atoms with Crippen LogP contribution in [-0.4, -0.2) is 27.2 Å². The zero-order valence-corrected chi connectivity index (χ0v) is 15.0. The molecule has 0 amide bonds. The number of nitrogens with zero attached hydrogens (tertiary/aromatic N) is 2. The molecule has 1 atom stereocenters. The van der Waals surface area contributed by atoms with E-state index in [9.17, 15) is 14.3 Å². The molecule has 0 aliphatic carbocycles. The number of hydrogen-bond acceptors (Lipinski definition) is 5. The van der Waals surface area contributed by atoms with Crippen molar-refractivity contribution in [3.05, 3.63) is 63.0 Å². The van der Waals surface area contributed by atoms with Gasteiger partial charge in [0.25, 0.3) is 0 Å². The number of carboxylic acid groups (broad SMARTS) is 1. The molecule has 1 aliphatic rings. The number of aryl methyl sites for hydroxylation is 1. The first-order chi connectivity index (χ1) is 11.5. The summed E-state index contributed by atoms with van der Waals surface area (Å²) in [6.07, 6.45) is 1.66. The normalized spacial score (nSPS) is 17.5. The molecule has 2 heterocycles. The average Bonchev–Trinajstić information content (AvgIpc) is 3.08. The van der Waals surface area contributed by atoms with Crippen molar-refractivity contribution in [2.24, 2.45) is 4.99 Å². The minimum atomic E-state index is -1.06. The molecule has 2 aromatic rings. The van der Waals surface area contributed by atoms with E-state index in [0.29, 0.717) is 33.0 Å². The molecular formula is C16H13BrFN3O2S. The molecule has 1 aliphatic heterocycles. The molecule has 0 saturated heterocycles. The third-order valence-corrected chi connectivity index (χ3v) is 4.99. The molecular weight excluding hydrogens is 397 g/mol. The van der Waals surface area contributed by atoms with Gasteiger partial charge in [-0.1, -0.05) is 22.0 Å². The number of aliphatic carboxylic acids is 1. The van der Waals surface area contributed by atoms with E-state index in [1.165, 1.54) is 23.5 Å². The van der Waals surface area contributed by atoms with Gasteiger partial charge in [-0.2, -0.15) is 0 Å². The molecule has 5 nitrogen and oxygen atoms in total. The Morgan fingerprint density at radius 1 is 1.50 bits per heavy atom. The quantitative estimate of drug-likeness (QED) is 0.758. The van der Waals surface area contributed by atoms with Crippen LogP contribution in [0.3, 0.4) is 0 Å². The van der Waals surface area contributed by atoms with Gasteiger partial charge in [0.05, 0.1) is 5.57 Å². The van der Waals surface area contributed by atoms with E-state index in [1.54, 1.807) is 19.2 Å². The minimum absolute atomic E-state index is 0.141. The lowest BCUT2D eigenvalue weighted by Gasteiger charge is -2.26. The summed E-state index contributed by atoms with van der Waals surface area (Å²) in [7, 11) is 0. The van der Waals surface area contributed by atoms with Crippen LogP contribution in [0.25, 0.3) is 0 Å². The number of rotatable bonds is 4. The van der Waals surface area contributed by atoms with Crippen molar-refractivity contribution in [1.82, 2.24) is 10.3 Å². The topological polar surface area (TPSA) is 74.6 Å². The van der Waals surface area contributed by atoms with Crippen molar-refractivity contribution in [2.45, 2.75) is 13.0 Å². The summed E-state index contributed by atoms with van der Waals surface area (Å²) in [4.78, 5) is 20.6. The minimum Gasteiger partial charge on any atom is -0.478 e. The Morgan fingerprint density at radius 2 is 2.29 bits per heavy atom. The Hall–Kier alpha value is -2.06. The summed E-state index contributed by atoms with van der Waals surface area (Å²) < 4.78 is 13.4. The molecule has 8 heteroatoms. The van der Waals surface area contributed by atoms with Gasteiger partial charge in [0, 0.05) is 22.6 Å². The summed E-state index contributed by atoms with van der Waals surface area (Å²) in [5, 5.41) is 15.5. The molecule has 1 aromatic heterocycles. The van der Waals surface area contributed by atoms with E-state index in [0.717, 1.165) is 0 Å². The smallest absolute Gasteiger partial charge is 0.335 e. The Kier molecular flexibility index (Phi) is 4.77. The largest absolute Gasteiger partial charge is 0.478 e. The fourth-order valence-corrected chi connectivity index (χ4v) is 3.60. The van der Waals surface area contributed by atoms with Crippen LogP contribution in [0.5, 0.6) is 0 Å². The van der Waals surface area contributed by atoms with E-state index in [2.05, 4.69) is 31.2 Å². The molecule has 0 fully saturated rings. The first kappa shape index (κ1) is 16.8. The van der Waals surface area contributed by atoms with Crippen molar-refractivity contribution in [1.29, 1.82) is 0 Å². The first-order valence-corrected chi connectivity index (χ1v) is 9.04. The van der Waals surface area contributed by atoms with Gasteiger partial charge in [-0.15, -0.1) is 11.3 Å². The number of alkyl halides is 1. The van der Waals surface area contributed by atoms with Crippen LogP contribution in [0.1, 0.15) is 22.2 Å². The number of hydrogen-bond donors (Lipinski definition) is 2. The fourth-order valence-electron chi connectivity index (χ4n) is 2.57. The van der Waals surface area contributed by atoms with Gasteiger partial charge in [0.15, 0.2) is 10.8 Å². The van der Waals surface area contributed by atoms with Crippen LogP contribution in [0.2, 0.25) is 0 Å². The zero-order chi connectivity index (χ0) is 17.3. The number of halogens is 2. The summed E-state index contributed by atoms with van der Waals surface area (Å²) in [5.74, 6) is -0.915. The average molecular weight is 410 g/mol. The highest BCUT2D eigenvalue weighted by Crippen LogP contribution is 2.34. The molecule has 0 bridgehead atoms. The highest BCUT2D eigenvalue weighted by atomic mass is 79.9. The Labute approximate surface area is 150 Å². The SMILES string of the molecule is Cc1cc(F)ccc1C1N=C(c2nccs2)NC(CBr)=C1C(=O)O. The van der Waals surface area contributed by atoms with Gasteiger partial charge in [-0.25, -0.2) is 14.2 Å². The summed E-state index contributed by atoms with van der Waals surface area (Å²) >= 11 is 4.73. The molecule has 1 aromatic carbocycles. The summed E-state index contributed by atoms with van der Waals surface area (Å²) in [6.45, 7) is 1.74. The summed E-state index contributed by atoms with van der Waals surface area (Å²) in [5.41, 5.74) is 1.96. The zero-order valence-electron chi connectivity index (χ0n) is 12.6. The molecule has 3 rings (SSSR count). The van der Waals surface area contributed by atoms with Crippen molar-refractivity contribution >= 4 is 39.1 Å². The van der Waals surface area contributed by atoms with E-state index in [-0.39, 0.29) is 11.4 Å². The number of thiazole rings is 1. The molecule has 124 valence electrons. The second-order valence-electron chi connectivity index (χ2n) is 5.17. The lowest BCUT2D eigenvalue weighted by atomic mass is 9.93. The molecule has 2 N–H and O–H groups in total. The highest BCUT2D eigenvalue weighted by Gasteiger charge is 2.32. The molecule has 0 spiro atoms. The van der Waals surface area contributed by atoms with Crippen LogP contribution in [0, 0.1) is 12.7 Å². The Bertz CT molecular complexity index is 849. The third kappa shape index (κ3) is 3.11. The number of benzene rings is 1. The first-order valence-electron chi connectivity index (χ1n) is 7.04. The Morgan fingerprint density at radius 3 is 2.88 bits per heavy atom. The number of nitrogens with one attached hydrogen (secondary N) is 1. The van der Waals surface area contributed by atoms with Crippen molar-refractivity contribution in [2.75, 3.05) is 5.33 Å². The lowest BCUT2D eigenvalue weighted by Crippen LogP contribution is -2.34. The van der Waals surface area contributed by atoms with Crippen molar-refractivity contribution in [3.8, 4) is 0 Å². The molecule has 1 unspecified atom stereocenters. The molecule has 24 heavy (non-hydrogen) atoms. The molecule has 0 radical (unpaired) electrons. The monoisotopic (exact) mass is 409 g/mol. The third-order valence-electron chi connectivity index (χ3n) is 3.65. The second kappa shape index (κ2) is 6.82. The second-order valence-corrected chi connectivity index (χ2v) is 6.63. The van der Waals surface area contributed by atoms with Gasteiger partial charge in [-0.3, -0.25) is 4.99 Å². The van der Waals surface area contributed by atoms with Crippen molar-refractivity contribution < 1.29 is 14.3 Å². The van der Waals surface area contributed by atoms with Gasteiger partial charge in [0.1, 0.15) is 11.9 Å². The molecule has 0 saturated carbocycles. The van der Waals surface area contributed by atoms with Crippen LogP contribution < -0.4 is 5.32 Å². The number of amidine groups is 1. The predicted octanol–water partition coefficient (Wildman–Crippen LogP) is 3.42. The van der Waals surface area contributed by atoms with E-state index < -0.39 is 12.0 Å². The van der Waals surface area contributed by atoms with Gasteiger partial charge < -0.3 is 10.4 Å². The number of carbonyl (C=O) groups is 1. The predicted molar refractivity (Wildman–Crippen MR) is 94.1 cm³/mol. The van der Waals surface area contributed by atoms with Crippen LogP contribution >= 0.6 is 27.3 Å². The number of allylic oxidation sites excluding steroid dienone is 1. The van der Waals surface area contributed by atoms with E-state index >= 15 is 0 Å². The number of aromatic nitrogens is 1. The number of carboxylic acids is 1. The van der Waals surface area contributed by atoms with Gasteiger partial charge in [0.2, 0.25) is 0 Å². The highest BCUT2D eigenvalue weighted by molar-refractivity contribution is 9.09. The fraction of sp³-hybridized carbons (Fsp3) is 0.188. The lowest BCUT2D eigenvalue weighted by molar-refractivity contribution is -0.133. The van der Waals surface area contributed by atoms with Gasteiger partial charge >= 0.3 is 5.97 Å². The summed E-state index contributed by atoms with van der Waals surface area (Å²) in [6, 6.07) is 3.55. The maximum Gasteiger partial charge on any atom is 0.335 e. The van der Waals surface area contributed by atoms with Crippen LogP contribution in [0.15, 0.2) is 46.0 Å². The van der Waals surface area contributed by atoms with E-state index in [4.69, 9.17) is 0 Å².